The molecule has 0 saturated heterocycles. The molecule has 0 aliphatic heterocycles. The van der Waals surface area contributed by atoms with Crippen LogP contribution in [0.25, 0.3) is 0 Å². The molecule has 2 aromatic carbocycles. The molecule has 0 spiro atoms. The summed E-state index contributed by atoms with van der Waals surface area (Å²) in [4.78, 5) is 0.175. The second-order valence-corrected chi connectivity index (χ2v) is 6.74. The largest absolute Gasteiger partial charge is 0.396 e. The number of benzene rings is 2. The number of aliphatic hydroxyl groups excluding tert-OH is 1. The molecule has 0 aliphatic carbocycles. The van der Waals surface area contributed by atoms with Crippen LogP contribution in [0.3, 0.4) is 0 Å². The van der Waals surface area contributed by atoms with Crippen LogP contribution in [0.15, 0.2) is 59.5 Å². The highest BCUT2D eigenvalue weighted by Crippen LogP contribution is 2.24. The Morgan fingerprint density at radius 2 is 1.62 bits per heavy atom. The van der Waals surface area contributed by atoms with Gasteiger partial charge < -0.3 is 5.11 Å². The number of anilines is 1. The second-order valence-electron chi connectivity index (χ2n) is 4.44. The van der Waals surface area contributed by atoms with Crippen LogP contribution in [0.5, 0.6) is 0 Å². The number of nitrogens with zero attached hydrogens (tertiary/aromatic N) is 1. The number of rotatable bonds is 6. The van der Waals surface area contributed by atoms with Crippen molar-refractivity contribution in [2.75, 3.05) is 17.5 Å². The zero-order chi connectivity index (χ0) is 15.3. The fourth-order valence-electron chi connectivity index (χ4n) is 1.93. The highest BCUT2D eigenvalue weighted by atomic mass is 35.5. The third-order valence-corrected chi connectivity index (χ3v) is 5.06. The summed E-state index contributed by atoms with van der Waals surface area (Å²) in [5, 5.41) is 9.48. The molecule has 112 valence electrons. The van der Waals surface area contributed by atoms with Crippen molar-refractivity contribution >= 4 is 27.3 Å². The van der Waals surface area contributed by atoms with Gasteiger partial charge in [-0.1, -0.05) is 29.8 Å². The predicted molar refractivity (Wildman–Crippen MR) is 84.1 cm³/mol. The van der Waals surface area contributed by atoms with Crippen LogP contribution in [0.4, 0.5) is 5.69 Å². The Morgan fingerprint density at radius 3 is 2.19 bits per heavy atom. The molecule has 0 heterocycles. The molecule has 2 aromatic rings. The number of halogens is 1. The van der Waals surface area contributed by atoms with Gasteiger partial charge in [0.25, 0.3) is 10.0 Å². The molecule has 21 heavy (non-hydrogen) atoms. The van der Waals surface area contributed by atoms with E-state index in [1.807, 2.05) is 6.07 Å². The Hall–Kier alpha value is -1.56. The van der Waals surface area contributed by atoms with Crippen molar-refractivity contribution in [3.63, 3.8) is 0 Å². The first kappa shape index (κ1) is 15.8. The third-order valence-electron chi connectivity index (χ3n) is 2.97. The Balaban J connectivity index is 2.42. The first-order valence-corrected chi connectivity index (χ1v) is 8.32. The van der Waals surface area contributed by atoms with E-state index in [2.05, 4.69) is 0 Å². The van der Waals surface area contributed by atoms with Crippen LogP contribution in [-0.4, -0.2) is 26.7 Å². The van der Waals surface area contributed by atoms with E-state index in [4.69, 9.17) is 16.7 Å². The van der Waals surface area contributed by atoms with Gasteiger partial charge in [0, 0.05) is 18.2 Å². The van der Waals surface area contributed by atoms with Crippen molar-refractivity contribution in [3.05, 3.63) is 59.6 Å². The molecule has 0 amide bonds. The minimum Gasteiger partial charge on any atom is -0.396 e. The lowest BCUT2D eigenvalue weighted by atomic mass is 10.3. The van der Waals surface area contributed by atoms with E-state index in [9.17, 15) is 8.42 Å². The minimum absolute atomic E-state index is 0.0700. The van der Waals surface area contributed by atoms with E-state index in [1.165, 1.54) is 16.4 Å². The van der Waals surface area contributed by atoms with E-state index < -0.39 is 10.0 Å². The molecule has 0 saturated carbocycles. The van der Waals surface area contributed by atoms with Crippen molar-refractivity contribution < 1.29 is 13.5 Å². The van der Waals surface area contributed by atoms with Crippen LogP contribution in [0, 0.1) is 0 Å². The summed E-state index contributed by atoms with van der Waals surface area (Å²) in [7, 11) is -3.68. The van der Waals surface area contributed by atoms with Gasteiger partial charge in [-0.15, -0.1) is 0 Å². The quantitative estimate of drug-likeness (QED) is 0.888. The maximum atomic E-state index is 12.8. The molecule has 4 nitrogen and oxygen atoms in total. The molecule has 0 radical (unpaired) electrons. The molecule has 2 rings (SSSR count). The van der Waals surface area contributed by atoms with E-state index in [0.717, 1.165) is 0 Å². The molecule has 6 heteroatoms. The van der Waals surface area contributed by atoms with Gasteiger partial charge >= 0.3 is 0 Å². The summed E-state index contributed by atoms with van der Waals surface area (Å²) < 4.78 is 26.8. The first-order valence-electron chi connectivity index (χ1n) is 6.50. The van der Waals surface area contributed by atoms with Gasteiger partial charge in [-0.25, -0.2) is 8.42 Å². The molecule has 1 N–H and O–H groups in total. The van der Waals surface area contributed by atoms with Gasteiger partial charge in [-0.05, 0) is 42.8 Å². The summed E-state index contributed by atoms with van der Waals surface area (Å²) in [5.41, 5.74) is 0.570. The van der Waals surface area contributed by atoms with Gasteiger partial charge in [0.05, 0.1) is 10.6 Å². The predicted octanol–water partition coefficient (Wildman–Crippen LogP) is 2.92. The molecular formula is C15H16ClNO3S. The zero-order valence-corrected chi connectivity index (χ0v) is 12.9. The molecule has 0 unspecified atom stereocenters. The summed E-state index contributed by atoms with van der Waals surface area (Å²) in [6.07, 6.45) is 0.363. The number of aliphatic hydroxyl groups is 1. The number of para-hydroxylation sites is 1. The van der Waals surface area contributed by atoms with Gasteiger partial charge in [-0.3, -0.25) is 4.31 Å². The van der Waals surface area contributed by atoms with Crippen molar-refractivity contribution in [2.24, 2.45) is 0 Å². The van der Waals surface area contributed by atoms with E-state index >= 15 is 0 Å². The van der Waals surface area contributed by atoms with Crippen LogP contribution in [0.1, 0.15) is 6.42 Å². The molecule has 0 fully saturated rings. The van der Waals surface area contributed by atoms with Gasteiger partial charge in [0.15, 0.2) is 0 Å². The fourth-order valence-corrected chi connectivity index (χ4v) is 3.56. The lowest BCUT2D eigenvalue weighted by Crippen LogP contribution is -2.32. The Labute approximate surface area is 129 Å². The van der Waals surface area contributed by atoms with Crippen molar-refractivity contribution in [1.82, 2.24) is 0 Å². The Bertz CT molecular complexity index is 672. The normalized spacial score (nSPS) is 11.3. The SMILES string of the molecule is O=S(=O)(c1ccc(Cl)cc1)N(CCCO)c1ccccc1. The van der Waals surface area contributed by atoms with Crippen LogP contribution < -0.4 is 4.31 Å². The molecule has 0 bridgehead atoms. The highest BCUT2D eigenvalue weighted by molar-refractivity contribution is 7.92. The van der Waals surface area contributed by atoms with E-state index in [1.54, 1.807) is 36.4 Å². The van der Waals surface area contributed by atoms with Crippen LogP contribution in [0.2, 0.25) is 5.02 Å². The van der Waals surface area contributed by atoms with Crippen molar-refractivity contribution in [3.8, 4) is 0 Å². The maximum absolute atomic E-state index is 12.8. The van der Waals surface area contributed by atoms with Crippen molar-refractivity contribution in [2.45, 2.75) is 11.3 Å². The van der Waals surface area contributed by atoms with E-state index in [-0.39, 0.29) is 18.0 Å². The standard InChI is InChI=1S/C15H16ClNO3S/c16-13-7-9-15(10-8-13)21(19,20)17(11-4-12-18)14-5-2-1-3-6-14/h1-3,5-10,18H,4,11-12H2. The third kappa shape index (κ3) is 3.75. The second kappa shape index (κ2) is 6.93. The Morgan fingerprint density at radius 1 is 1.00 bits per heavy atom. The average Bonchev–Trinajstić information content (AvgIpc) is 2.49. The zero-order valence-electron chi connectivity index (χ0n) is 11.3. The maximum Gasteiger partial charge on any atom is 0.264 e. The van der Waals surface area contributed by atoms with Crippen LogP contribution in [-0.2, 0) is 10.0 Å². The Kier molecular flexibility index (Phi) is 5.22. The van der Waals surface area contributed by atoms with Gasteiger partial charge in [0.1, 0.15) is 0 Å². The lowest BCUT2D eigenvalue weighted by Gasteiger charge is -2.24. The molecule has 0 atom stereocenters. The summed E-state index contributed by atoms with van der Waals surface area (Å²) in [5.74, 6) is 0. The minimum atomic E-state index is -3.68. The number of hydrogen-bond donors (Lipinski definition) is 1. The highest BCUT2D eigenvalue weighted by Gasteiger charge is 2.24. The van der Waals surface area contributed by atoms with Gasteiger partial charge in [-0.2, -0.15) is 0 Å². The van der Waals surface area contributed by atoms with Crippen LogP contribution >= 0.6 is 11.6 Å². The number of hydrogen-bond acceptors (Lipinski definition) is 3. The topological polar surface area (TPSA) is 57.6 Å². The smallest absolute Gasteiger partial charge is 0.264 e. The van der Waals surface area contributed by atoms with Gasteiger partial charge in [0.2, 0.25) is 0 Å². The van der Waals surface area contributed by atoms with E-state index in [0.29, 0.717) is 17.1 Å². The summed E-state index contributed by atoms with van der Waals surface area (Å²) in [6, 6.07) is 14.9. The number of sulfonamides is 1. The monoisotopic (exact) mass is 325 g/mol. The fraction of sp³-hybridized carbons (Fsp3) is 0.200. The average molecular weight is 326 g/mol. The lowest BCUT2D eigenvalue weighted by molar-refractivity contribution is 0.291. The first-order chi connectivity index (χ1) is 10.1. The van der Waals surface area contributed by atoms with Crippen molar-refractivity contribution in [1.29, 1.82) is 0 Å². The molecular weight excluding hydrogens is 310 g/mol. The summed E-state index contributed by atoms with van der Waals surface area (Å²) >= 11 is 5.80. The molecule has 0 aliphatic rings. The molecule has 0 aromatic heterocycles. The summed E-state index contributed by atoms with van der Waals surface area (Å²) in [6.45, 7) is 0.144.